The van der Waals surface area contributed by atoms with Gasteiger partial charge in [0.15, 0.2) is 6.10 Å². The van der Waals surface area contributed by atoms with E-state index in [0.29, 0.717) is 6.42 Å². The van der Waals surface area contributed by atoms with E-state index in [0.717, 1.165) is 103 Å². The highest BCUT2D eigenvalue weighted by Crippen LogP contribution is 2.43. The third-order valence-corrected chi connectivity index (χ3v) is 16.6. The van der Waals surface area contributed by atoms with Gasteiger partial charge in [-0.15, -0.1) is 0 Å². The Hall–Kier alpha value is -3.33. The first-order valence-corrected chi connectivity index (χ1v) is 37.9. The number of esters is 2. The van der Waals surface area contributed by atoms with Crippen LogP contribution in [0.2, 0.25) is 0 Å². The Balaban J connectivity index is 3.81. The minimum absolute atomic E-state index is 0.0507. The van der Waals surface area contributed by atoms with E-state index in [1.807, 2.05) is 0 Å². The molecule has 0 fully saturated rings. The van der Waals surface area contributed by atoms with Gasteiger partial charge in [0.1, 0.15) is 6.61 Å². The lowest BCUT2D eigenvalue weighted by Gasteiger charge is -2.19. The zero-order valence-corrected chi connectivity index (χ0v) is 57.4. The van der Waals surface area contributed by atoms with Crippen molar-refractivity contribution in [2.24, 2.45) is 5.73 Å². The van der Waals surface area contributed by atoms with E-state index in [4.69, 9.17) is 24.3 Å². The largest absolute Gasteiger partial charge is 0.472 e. The number of carbonyl (C=O) groups is 2. The molecule has 2 atom stereocenters. The zero-order chi connectivity index (χ0) is 63.0. The van der Waals surface area contributed by atoms with Crippen LogP contribution in [0.1, 0.15) is 335 Å². The van der Waals surface area contributed by atoms with Crippen molar-refractivity contribution >= 4 is 19.8 Å². The molecule has 0 radical (unpaired) electrons. The van der Waals surface area contributed by atoms with Gasteiger partial charge in [-0.3, -0.25) is 18.6 Å². The van der Waals surface area contributed by atoms with Gasteiger partial charge in [-0.25, -0.2) is 4.57 Å². The van der Waals surface area contributed by atoms with Crippen LogP contribution >= 0.6 is 7.82 Å². The van der Waals surface area contributed by atoms with Crippen LogP contribution in [-0.2, 0) is 32.7 Å². The second-order valence-electron chi connectivity index (χ2n) is 24.0. The smallest absolute Gasteiger partial charge is 0.462 e. The summed E-state index contributed by atoms with van der Waals surface area (Å²) in [5, 5.41) is 0. The topological polar surface area (TPSA) is 134 Å². The average Bonchev–Trinajstić information content (AvgIpc) is 3.62. The number of hydrogen-bond donors (Lipinski definition) is 2. The van der Waals surface area contributed by atoms with Gasteiger partial charge in [-0.1, -0.05) is 335 Å². The fraction of sp³-hybridized carbons (Fsp3) is 0.740. The molecule has 0 aromatic rings. The first-order valence-electron chi connectivity index (χ1n) is 36.4. The molecule has 0 saturated carbocycles. The van der Waals surface area contributed by atoms with Crippen molar-refractivity contribution in [3.8, 4) is 0 Å². The fourth-order valence-electron chi connectivity index (χ4n) is 10.4. The molecule has 87 heavy (non-hydrogen) atoms. The van der Waals surface area contributed by atoms with E-state index in [9.17, 15) is 19.0 Å². The van der Waals surface area contributed by atoms with Crippen molar-refractivity contribution in [3.05, 3.63) is 109 Å². The number of hydrogen-bond acceptors (Lipinski definition) is 8. The van der Waals surface area contributed by atoms with Gasteiger partial charge >= 0.3 is 19.8 Å². The van der Waals surface area contributed by atoms with E-state index >= 15 is 0 Å². The number of rotatable bonds is 68. The van der Waals surface area contributed by atoms with Gasteiger partial charge < -0.3 is 20.1 Å². The van der Waals surface area contributed by atoms with Gasteiger partial charge in [0.25, 0.3) is 0 Å². The lowest BCUT2D eigenvalue weighted by molar-refractivity contribution is -0.161. The lowest BCUT2D eigenvalue weighted by Crippen LogP contribution is -2.29. The first-order chi connectivity index (χ1) is 42.8. The Morgan fingerprint density at radius 2 is 0.598 bits per heavy atom. The molecule has 0 spiro atoms. The van der Waals surface area contributed by atoms with Crippen molar-refractivity contribution in [3.63, 3.8) is 0 Å². The van der Waals surface area contributed by atoms with Crippen LogP contribution in [0.4, 0.5) is 0 Å². The quantitative estimate of drug-likeness (QED) is 0.0264. The number of phosphoric ester groups is 1. The number of nitrogens with two attached hydrogens (primary N) is 1. The minimum atomic E-state index is -4.40. The summed E-state index contributed by atoms with van der Waals surface area (Å²) < 4.78 is 33.2. The first kappa shape index (κ1) is 83.7. The molecule has 0 rings (SSSR count). The lowest BCUT2D eigenvalue weighted by atomic mass is 10.0. The van der Waals surface area contributed by atoms with Crippen LogP contribution in [0.25, 0.3) is 0 Å². The highest BCUT2D eigenvalue weighted by atomic mass is 31.2. The summed E-state index contributed by atoms with van der Waals surface area (Å²) in [4.78, 5) is 35.4. The fourth-order valence-corrected chi connectivity index (χ4v) is 11.1. The maximum Gasteiger partial charge on any atom is 0.472 e. The second-order valence-corrected chi connectivity index (χ2v) is 25.5. The summed E-state index contributed by atoms with van der Waals surface area (Å²) in [6.07, 6.45) is 99.1. The number of carbonyl (C=O) groups excluding carboxylic acids is 2. The number of unbranched alkanes of at least 4 members (excludes halogenated alkanes) is 37. The molecule has 2 unspecified atom stereocenters. The minimum Gasteiger partial charge on any atom is -0.462 e. The molecular formula is C77H136NO8P. The Bertz CT molecular complexity index is 1800. The molecular weight excluding hydrogens is 1100 g/mol. The molecule has 0 aliphatic heterocycles. The van der Waals surface area contributed by atoms with Crippen molar-refractivity contribution in [2.45, 2.75) is 341 Å². The Kier molecular flexibility index (Phi) is 69.0. The van der Waals surface area contributed by atoms with Crippen molar-refractivity contribution < 1.29 is 37.6 Å². The SMILES string of the molecule is CC/C=C\C/C=C\C/C=C\C/C=C\C/C=C\CCCCCCCCCCCCCC(=O)OC(COC(=O)CCCCCCCCCCCCCCCCCCCCCCCCCCCC/C=C\C/C=C\C/C=C\C/C=C\CC)COP(=O)(O)OCCN. The molecule has 0 aliphatic carbocycles. The van der Waals surface area contributed by atoms with Gasteiger partial charge in [-0.2, -0.15) is 0 Å². The Morgan fingerprint density at radius 3 is 0.885 bits per heavy atom. The summed E-state index contributed by atoms with van der Waals surface area (Å²) in [7, 11) is -4.40. The molecule has 0 heterocycles. The third-order valence-electron chi connectivity index (χ3n) is 15.7. The predicted octanol–water partition coefficient (Wildman–Crippen LogP) is 24.1. The molecule has 0 amide bonds. The summed E-state index contributed by atoms with van der Waals surface area (Å²) in [5.41, 5.74) is 5.40. The van der Waals surface area contributed by atoms with Gasteiger partial charge in [0.05, 0.1) is 13.2 Å². The van der Waals surface area contributed by atoms with Crippen molar-refractivity contribution in [2.75, 3.05) is 26.4 Å². The van der Waals surface area contributed by atoms with E-state index in [1.54, 1.807) is 0 Å². The van der Waals surface area contributed by atoms with E-state index in [-0.39, 0.29) is 38.6 Å². The molecule has 9 nitrogen and oxygen atoms in total. The Morgan fingerprint density at radius 1 is 0.345 bits per heavy atom. The number of ether oxygens (including phenoxy) is 2. The summed E-state index contributed by atoms with van der Waals surface area (Å²) in [6.45, 7) is 3.55. The molecule has 0 aliphatic rings. The predicted molar refractivity (Wildman–Crippen MR) is 376 cm³/mol. The van der Waals surface area contributed by atoms with Crippen LogP contribution in [0, 0.1) is 0 Å². The Labute approximate surface area is 537 Å². The van der Waals surface area contributed by atoms with Crippen molar-refractivity contribution in [1.82, 2.24) is 0 Å². The van der Waals surface area contributed by atoms with E-state index in [2.05, 4.69) is 123 Å². The van der Waals surface area contributed by atoms with Crippen LogP contribution in [0.5, 0.6) is 0 Å². The maximum atomic E-state index is 12.8. The summed E-state index contributed by atoms with van der Waals surface area (Å²) in [6, 6.07) is 0. The zero-order valence-electron chi connectivity index (χ0n) is 56.5. The maximum absolute atomic E-state index is 12.8. The average molecular weight is 1230 g/mol. The highest BCUT2D eigenvalue weighted by Gasteiger charge is 2.26. The van der Waals surface area contributed by atoms with E-state index < -0.39 is 26.5 Å². The van der Waals surface area contributed by atoms with Crippen molar-refractivity contribution in [1.29, 1.82) is 0 Å². The second kappa shape index (κ2) is 71.7. The van der Waals surface area contributed by atoms with Crippen LogP contribution in [0.15, 0.2) is 109 Å². The third kappa shape index (κ3) is 71.6. The standard InChI is InChI=1S/C77H136NO8P/c1-3-5-7-9-11-13-15-17-19-21-23-25-27-29-31-32-33-34-35-36-37-38-39-40-41-42-44-45-47-49-51-53-55-57-59-61-63-65-67-69-76(79)83-73-75(74-85-87(81,82)84-72-71-78)86-77(80)70-68-66-64-62-60-58-56-54-52-50-48-46-43-30-28-26-24-22-20-18-16-14-12-10-8-6-4-2/h5-8,11-14,17-20,23-26,30,43,75H,3-4,9-10,15-16,21-22,27-29,31-42,44-74,78H2,1-2H3,(H,81,82)/b7-5-,8-6-,13-11-,14-12-,19-17-,20-18-,25-23-,26-24-,43-30-. The molecule has 0 aromatic heterocycles. The molecule has 502 valence electrons. The summed E-state index contributed by atoms with van der Waals surface area (Å²) >= 11 is 0. The highest BCUT2D eigenvalue weighted by molar-refractivity contribution is 7.47. The molecule has 0 aromatic carbocycles. The normalized spacial score (nSPS) is 13.6. The van der Waals surface area contributed by atoms with E-state index in [1.165, 1.54) is 199 Å². The molecule has 3 N–H and O–H groups in total. The van der Waals surface area contributed by atoms with Crippen LogP contribution in [-0.4, -0.2) is 49.3 Å². The molecule has 10 heteroatoms. The van der Waals surface area contributed by atoms with Crippen LogP contribution < -0.4 is 5.73 Å². The van der Waals surface area contributed by atoms with Gasteiger partial charge in [0, 0.05) is 19.4 Å². The van der Waals surface area contributed by atoms with Gasteiger partial charge in [0.2, 0.25) is 0 Å². The number of allylic oxidation sites excluding steroid dienone is 18. The summed E-state index contributed by atoms with van der Waals surface area (Å²) in [5.74, 6) is -0.821. The molecule has 0 saturated heterocycles. The van der Waals surface area contributed by atoms with Gasteiger partial charge in [-0.05, 0) is 96.3 Å². The molecule has 0 bridgehead atoms. The number of phosphoric acid groups is 1. The van der Waals surface area contributed by atoms with Crippen LogP contribution in [0.3, 0.4) is 0 Å². The monoisotopic (exact) mass is 1230 g/mol.